The lowest BCUT2D eigenvalue weighted by Gasteiger charge is -2.26. The average Bonchev–Trinajstić information content (AvgIpc) is 3.17. The van der Waals surface area contributed by atoms with Crippen molar-refractivity contribution in [2.24, 2.45) is 0 Å². The molecule has 0 atom stereocenters. The first-order chi connectivity index (χ1) is 15.7. The largest absolute Gasteiger partial charge is 0.465 e. The number of carbonyl (C=O) groups excluding carboxylic acids is 2. The molecule has 3 aromatic rings. The molecule has 11 heteroatoms. The number of amides is 1. The third-order valence-corrected chi connectivity index (χ3v) is 8.32. The van der Waals surface area contributed by atoms with Crippen molar-refractivity contribution in [2.75, 3.05) is 18.4 Å². The van der Waals surface area contributed by atoms with E-state index in [0.717, 1.165) is 22.5 Å². The van der Waals surface area contributed by atoms with Crippen molar-refractivity contribution in [2.45, 2.75) is 31.0 Å². The van der Waals surface area contributed by atoms with Crippen LogP contribution in [0, 0.1) is 13.8 Å². The maximum Gasteiger partial charge on any atom is 0.340 e. The summed E-state index contributed by atoms with van der Waals surface area (Å²) >= 11 is 0.975. The zero-order valence-corrected chi connectivity index (χ0v) is 19.9. The number of rotatable bonds is 5. The standard InChI is InChI=1S/C22H22N4O5S2/c1-13-8-14(2)10-15(9-13)25-33(29,30)22-19(21(28)31-3)16-4-7-26(12-18(16)32-22)20(27)17-11-23-5-6-24-17/h5-6,8-11,25H,4,7,12H2,1-3H3. The van der Waals surface area contributed by atoms with Gasteiger partial charge in [-0.05, 0) is 49.1 Å². The molecular formula is C22H22N4O5S2. The predicted molar refractivity (Wildman–Crippen MR) is 123 cm³/mol. The first-order valence-electron chi connectivity index (χ1n) is 10.1. The maximum absolute atomic E-state index is 13.3. The highest BCUT2D eigenvalue weighted by molar-refractivity contribution is 7.94. The number of hydrogen-bond acceptors (Lipinski definition) is 8. The van der Waals surface area contributed by atoms with Crippen molar-refractivity contribution < 1.29 is 22.7 Å². The molecule has 1 N–H and O–H groups in total. The molecule has 1 aliphatic rings. The Kier molecular flexibility index (Phi) is 6.17. The third-order valence-electron chi connectivity index (χ3n) is 5.20. The normalized spacial score (nSPS) is 13.4. The van der Waals surface area contributed by atoms with Gasteiger partial charge < -0.3 is 9.64 Å². The van der Waals surface area contributed by atoms with Crippen molar-refractivity contribution in [3.8, 4) is 0 Å². The molecular weight excluding hydrogens is 464 g/mol. The summed E-state index contributed by atoms with van der Waals surface area (Å²) < 4.78 is 34.0. The lowest BCUT2D eigenvalue weighted by molar-refractivity contribution is 0.0595. The van der Waals surface area contributed by atoms with E-state index in [9.17, 15) is 18.0 Å². The van der Waals surface area contributed by atoms with Crippen LogP contribution in [0.25, 0.3) is 0 Å². The highest BCUT2D eigenvalue weighted by Gasteiger charge is 2.35. The maximum atomic E-state index is 13.3. The lowest BCUT2D eigenvalue weighted by atomic mass is 10.0. The van der Waals surface area contributed by atoms with Crippen LogP contribution in [-0.4, -0.2) is 48.8 Å². The summed E-state index contributed by atoms with van der Waals surface area (Å²) in [5, 5.41) is 0. The van der Waals surface area contributed by atoms with Gasteiger partial charge in [-0.25, -0.2) is 18.2 Å². The number of fused-ring (bicyclic) bond motifs is 1. The van der Waals surface area contributed by atoms with E-state index in [1.165, 1.54) is 25.7 Å². The second kappa shape index (κ2) is 8.91. The Hall–Kier alpha value is -3.31. The second-order valence-electron chi connectivity index (χ2n) is 7.71. The van der Waals surface area contributed by atoms with Gasteiger partial charge in [0.05, 0.1) is 25.4 Å². The van der Waals surface area contributed by atoms with E-state index in [1.54, 1.807) is 17.0 Å². The Balaban J connectivity index is 1.71. The lowest BCUT2D eigenvalue weighted by Crippen LogP contribution is -2.36. The van der Waals surface area contributed by atoms with E-state index in [2.05, 4.69) is 14.7 Å². The first kappa shape index (κ1) is 22.9. The molecule has 0 saturated heterocycles. The van der Waals surface area contributed by atoms with Gasteiger partial charge in [0.25, 0.3) is 15.9 Å². The highest BCUT2D eigenvalue weighted by Crippen LogP contribution is 2.37. The summed E-state index contributed by atoms with van der Waals surface area (Å²) in [5.41, 5.74) is 3.05. The summed E-state index contributed by atoms with van der Waals surface area (Å²) in [6.07, 6.45) is 4.62. The Bertz CT molecular complexity index is 1320. The van der Waals surface area contributed by atoms with Crippen LogP contribution < -0.4 is 4.72 Å². The molecule has 0 spiro atoms. The van der Waals surface area contributed by atoms with Crippen LogP contribution in [0.1, 0.15) is 42.4 Å². The van der Waals surface area contributed by atoms with Gasteiger partial charge in [-0.1, -0.05) is 6.07 Å². The number of nitrogens with zero attached hydrogens (tertiary/aromatic N) is 3. The molecule has 4 rings (SSSR count). The molecule has 0 saturated carbocycles. The summed E-state index contributed by atoms with van der Waals surface area (Å²) in [6.45, 7) is 4.22. The van der Waals surface area contributed by atoms with Crippen molar-refractivity contribution in [1.82, 2.24) is 14.9 Å². The van der Waals surface area contributed by atoms with Crippen LogP contribution in [0.5, 0.6) is 0 Å². The van der Waals surface area contributed by atoms with E-state index >= 15 is 0 Å². The van der Waals surface area contributed by atoms with Gasteiger partial charge in [0, 0.05) is 29.5 Å². The van der Waals surface area contributed by atoms with Crippen LogP contribution in [-0.2, 0) is 27.7 Å². The zero-order valence-electron chi connectivity index (χ0n) is 18.3. The fraction of sp³-hybridized carbons (Fsp3) is 0.273. The Labute approximate surface area is 195 Å². The van der Waals surface area contributed by atoms with Crippen molar-refractivity contribution in [1.29, 1.82) is 0 Å². The quantitative estimate of drug-likeness (QED) is 0.551. The van der Waals surface area contributed by atoms with Crippen molar-refractivity contribution in [3.05, 3.63) is 69.6 Å². The monoisotopic (exact) mass is 486 g/mol. The molecule has 0 aliphatic carbocycles. The number of aromatic nitrogens is 2. The van der Waals surface area contributed by atoms with Gasteiger partial charge in [0.1, 0.15) is 5.69 Å². The summed E-state index contributed by atoms with van der Waals surface area (Å²) in [5.74, 6) is -1.03. The minimum atomic E-state index is -4.07. The van der Waals surface area contributed by atoms with Gasteiger partial charge in [0.2, 0.25) is 0 Å². The number of hydrogen-bond donors (Lipinski definition) is 1. The van der Waals surface area contributed by atoms with Crippen LogP contribution in [0.15, 0.2) is 41.0 Å². The van der Waals surface area contributed by atoms with Crippen LogP contribution in [0.4, 0.5) is 5.69 Å². The molecule has 33 heavy (non-hydrogen) atoms. The number of aryl methyl sites for hydroxylation is 2. The fourth-order valence-corrected chi connectivity index (χ4v) is 6.80. The number of esters is 1. The summed E-state index contributed by atoms with van der Waals surface area (Å²) in [6, 6.07) is 5.37. The minimum absolute atomic E-state index is 0.0287. The smallest absolute Gasteiger partial charge is 0.340 e. The Morgan fingerprint density at radius 3 is 2.52 bits per heavy atom. The predicted octanol–water partition coefficient (Wildman–Crippen LogP) is 2.94. The molecule has 0 radical (unpaired) electrons. The number of anilines is 1. The molecule has 172 valence electrons. The molecule has 0 fully saturated rings. The summed E-state index contributed by atoms with van der Waals surface area (Å²) in [7, 11) is -2.86. The highest BCUT2D eigenvalue weighted by atomic mass is 32.2. The number of sulfonamides is 1. The molecule has 1 amide bonds. The Morgan fingerprint density at radius 1 is 1.15 bits per heavy atom. The zero-order chi connectivity index (χ0) is 23.8. The van der Waals surface area contributed by atoms with Gasteiger partial charge in [-0.2, -0.15) is 0 Å². The first-order valence-corrected chi connectivity index (χ1v) is 12.4. The number of carbonyl (C=O) groups is 2. The fourth-order valence-electron chi connectivity index (χ4n) is 3.86. The van der Waals surface area contributed by atoms with Crippen LogP contribution in [0.3, 0.4) is 0 Å². The topological polar surface area (TPSA) is 119 Å². The molecule has 9 nitrogen and oxygen atoms in total. The van der Waals surface area contributed by atoms with E-state index < -0.39 is 16.0 Å². The third kappa shape index (κ3) is 4.60. The van der Waals surface area contributed by atoms with Gasteiger partial charge in [-0.15, -0.1) is 11.3 Å². The van der Waals surface area contributed by atoms with Crippen LogP contribution in [0.2, 0.25) is 0 Å². The molecule has 1 aliphatic heterocycles. The molecule has 0 unspecified atom stereocenters. The van der Waals surface area contributed by atoms with E-state index in [4.69, 9.17) is 4.74 Å². The summed E-state index contributed by atoms with van der Waals surface area (Å²) in [4.78, 5) is 35.6. The van der Waals surface area contributed by atoms with Crippen molar-refractivity contribution in [3.63, 3.8) is 0 Å². The van der Waals surface area contributed by atoms with Gasteiger partial charge in [0.15, 0.2) is 4.21 Å². The van der Waals surface area contributed by atoms with Crippen molar-refractivity contribution >= 4 is 38.9 Å². The van der Waals surface area contributed by atoms with E-state index in [1.807, 2.05) is 19.9 Å². The average molecular weight is 487 g/mol. The van der Waals surface area contributed by atoms with Crippen LogP contribution >= 0.6 is 11.3 Å². The number of nitrogens with one attached hydrogen (secondary N) is 1. The molecule has 0 bridgehead atoms. The number of ether oxygens (including phenoxy) is 1. The minimum Gasteiger partial charge on any atom is -0.465 e. The number of thiophene rings is 1. The molecule has 2 aromatic heterocycles. The number of benzene rings is 1. The molecule has 1 aromatic carbocycles. The Morgan fingerprint density at radius 2 is 1.88 bits per heavy atom. The molecule has 3 heterocycles. The van der Waals surface area contributed by atoms with Gasteiger partial charge in [-0.3, -0.25) is 14.5 Å². The van der Waals surface area contributed by atoms with E-state index in [-0.39, 0.29) is 27.9 Å². The van der Waals surface area contributed by atoms with E-state index in [0.29, 0.717) is 29.1 Å². The van der Waals surface area contributed by atoms with Gasteiger partial charge >= 0.3 is 5.97 Å². The second-order valence-corrected chi connectivity index (χ2v) is 10.7. The SMILES string of the molecule is COC(=O)c1c(S(=O)(=O)Nc2cc(C)cc(C)c2)sc2c1CCN(C(=O)c1cnccn1)C2. The number of methoxy groups -OCH3 is 1.